The molecule has 0 fully saturated rings. The Labute approximate surface area is 129 Å². The minimum Gasteiger partial charge on any atom is -0.461 e. The van der Waals surface area contributed by atoms with E-state index in [1.165, 1.54) is 18.4 Å². The van der Waals surface area contributed by atoms with Crippen molar-refractivity contribution in [1.29, 1.82) is 0 Å². The van der Waals surface area contributed by atoms with E-state index in [1.54, 1.807) is 19.1 Å². The number of halogens is 2. The number of benzene rings is 1. The van der Waals surface area contributed by atoms with Crippen molar-refractivity contribution >= 4 is 5.91 Å². The van der Waals surface area contributed by atoms with Crippen LogP contribution in [0.25, 0.3) is 11.5 Å². The van der Waals surface area contributed by atoms with Crippen molar-refractivity contribution in [3.05, 3.63) is 65.1 Å². The molecule has 0 aliphatic rings. The molecule has 1 N–H and O–H groups in total. The highest BCUT2D eigenvalue weighted by Gasteiger charge is 2.23. The first-order valence-corrected chi connectivity index (χ1v) is 6.79. The van der Waals surface area contributed by atoms with Gasteiger partial charge in [-0.25, -0.2) is 8.78 Å². The van der Waals surface area contributed by atoms with Gasteiger partial charge in [-0.3, -0.25) is 4.79 Å². The van der Waals surface area contributed by atoms with E-state index in [0.29, 0.717) is 11.5 Å². The van der Waals surface area contributed by atoms with E-state index in [9.17, 15) is 13.6 Å². The van der Waals surface area contributed by atoms with E-state index in [0.717, 1.165) is 6.07 Å². The van der Waals surface area contributed by atoms with Crippen molar-refractivity contribution in [3.8, 4) is 11.5 Å². The lowest BCUT2D eigenvalue weighted by atomic mass is 10.1. The molecular formula is C16H12F2N2O3. The summed E-state index contributed by atoms with van der Waals surface area (Å²) in [4.78, 5) is 12.3. The first-order valence-electron chi connectivity index (χ1n) is 6.79. The van der Waals surface area contributed by atoms with E-state index < -0.39 is 17.5 Å². The zero-order valence-electron chi connectivity index (χ0n) is 12.1. The molecule has 0 aliphatic heterocycles. The maximum atomic E-state index is 13.6. The van der Waals surface area contributed by atoms with E-state index >= 15 is 0 Å². The number of aryl methyl sites for hydroxylation is 1. The van der Waals surface area contributed by atoms with Crippen molar-refractivity contribution in [2.75, 3.05) is 0 Å². The molecule has 5 nitrogen and oxygen atoms in total. The maximum Gasteiger partial charge on any atom is 0.257 e. The van der Waals surface area contributed by atoms with Gasteiger partial charge in [0, 0.05) is 12.1 Å². The number of carbonyl (C=O) groups is 1. The third-order valence-electron chi connectivity index (χ3n) is 3.31. The molecule has 0 aliphatic carbocycles. The zero-order valence-corrected chi connectivity index (χ0v) is 12.1. The average molecular weight is 318 g/mol. The van der Waals surface area contributed by atoms with Crippen LogP contribution in [0.3, 0.4) is 0 Å². The van der Waals surface area contributed by atoms with Crippen LogP contribution in [0.15, 0.2) is 45.5 Å². The van der Waals surface area contributed by atoms with Gasteiger partial charge in [0.2, 0.25) is 5.76 Å². The largest absolute Gasteiger partial charge is 0.461 e. The molecular weight excluding hydrogens is 306 g/mol. The highest BCUT2D eigenvalue weighted by molar-refractivity contribution is 6.00. The fraction of sp³-hybridized carbons (Fsp3) is 0.125. The Morgan fingerprint density at radius 2 is 2.09 bits per heavy atom. The average Bonchev–Trinajstić information content (AvgIpc) is 3.17. The lowest BCUT2D eigenvalue weighted by Crippen LogP contribution is -2.24. The summed E-state index contributed by atoms with van der Waals surface area (Å²) in [6, 6.07) is 7.06. The van der Waals surface area contributed by atoms with Gasteiger partial charge in [0.25, 0.3) is 5.91 Å². The maximum absolute atomic E-state index is 13.6. The zero-order chi connectivity index (χ0) is 16.4. The highest BCUT2D eigenvalue weighted by atomic mass is 19.2. The summed E-state index contributed by atoms with van der Waals surface area (Å²) in [7, 11) is 0. The van der Waals surface area contributed by atoms with Crippen molar-refractivity contribution in [3.63, 3.8) is 0 Å². The van der Waals surface area contributed by atoms with E-state index in [-0.39, 0.29) is 23.4 Å². The summed E-state index contributed by atoms with van der Waals surface area (Å²) < 4.78 is 37.1. The minimum atomic E-state index is -0.985. The first-order chi connectivity index (χ1) is 11.1. The molecule has 0 saturated carbocycles. The van der Waals surface area contributed by atoms with Gasteiger partial charge in [-0.15, -0.1) is 0 Å². The quantitative estimate of drug-likeness (QED) is 0.800. The Morgan fingerprint density at radius 3 is 2.83 bits per heavy atom. The standard InChI is InChI=1S/C16H12F2N2O3/c1-9-13(15(23-20-9)12-6-3-7-22-12)16(21)19-8-10-4-2-5-11(17)14(10)18/h2-7H,8H2,1H3,(H,19,21). The van der Waals surface area contributed by atoms with Crippen LogP contribution in [0.1, 0.15) is 21.6 Å². The SMILES string of the molecule is Cc1noc(-c2ccco2)c1C(=O)NCc1cccc(F)c1F. The normalized spacial score (nSPS) is 10.7. The summed E-state index contributed by atoms with van der Waals surface area (Å²) in [5, 5.41) is 6.28. The first kappa shape index (κ1) is 15.0. The number of nitrogens with zero attached hydrogens (tertiary/aromatic N) is 1. The molecule has 0 atom stereocenters. The molecule has 2 heterocycles. The predicted octanol–water partition coefficient (Wildman–Crippen LogP) is 3.45. The minimum absolute atomic E-state index is 0.0482. The van der Waals surface area contributed by atoms with Crippen molar-refractivity contribution in [1.82, 2.24) is 10.5 Å². The molecule has 7 heteroatoms. The Balaban J connectivity index is 1.82. The Morgan fingerprint density at radius 1 is 1.26 bits per heavy atom. The molecule has 0 saturated heterocycles. The van der Waals surface area contributed by atoms with E-state index in [2.05, 4.69) is 10.5 Å². The Hall–Kier alpha value is -2.96. The summed E-state index contributed by atoms with van der Waals surface area (Å²) in [5.41, 5.74) is 0.609. The number of carbonyl (C=O) groups excluding carboxylic acids is 1. The molecule has 2 aromatic heterocycles. The van der Waals surface area contributed by atoms with E-state index in [4.69, 9.17) is 8.94 Å². The van der Waals surface area contributed by atoms with Crippen molar-refractivity contribution in [2.45, 2.75) is 13.5 Å². The van der Waals surface area contributed by atoms with Crippen LogP contribution in [0, 0.1) is 18.6 Å². The lowest BCUT2D eigenvalue weighted by Gasteiger charge is -2.06. The predicted molar refractivity (Wildman–Crippen MR) is 76.5 cm³/mol. The van der Waals surface area contributed by atoms with Crippen molar-refractivity contribution < 1.29 is 22.5 Å². The van der Waals surface area contributed by atoms with Crippen LogP contribution in [0.4, 0.5) is 8.78 Å². The highest BCUT2D eigenvalue weighted by Crippen LogP contribution is 2.26. The van der Waals surface area contributed by atoms with Crippen LogP contribution in [0.2, 0.25) is 0 Å². The second-order valence-electron chi connectivity index (χ2n) is 4.85. The van der Waals surface area contributed by atoms with E-state index in [1.807, 2.05) is 0 Å². The number of hydrogen-bond donors (Lipinski definition) is 1. The third-order valence-corrected chi connectivity index (χ3v) is 3.31. The summed E-state index contributed by atoms with van der Waals surface area (Å²) in [5.74, 6) is -1.92. The summed E-state index contributed by atoms with van der Waals surface area (Å²) in [6.07, 6.45) is 1.44. The molecule has 3 rings (SSSR count). The smallest absolute Gasteiger partial charge is 0.257 e. The van der Waals surface area contributed by atoms with Gasteiger partial charge in [-0.05, 0) is 25.1 Å². The second-order valence-corrected chi connectivity index (χ2v) is 4.85. The number of rotatable bonds is 4. The fourth-order valence-electron chi connectivity index (χ4n) is 2.16. The molecule has 0 bridgehead atoms. The van der Waals surface area contributed by atoms with Crippen LogP contribution < -0.4 is 5.32 Å². The van der Waals surface area contributed by atoms with Gasteiger partial charge in [-0.1, -0.05) is 17.3 Å². The van der Waals surface area contributed by atoms with Gasteiger partial charge in [0.05, 0.1) is 12.0 Å². The van der Waals surface area contributed by atoms with Crippen LogP contribution in [-0.2, 0) is 6.54 Å². The second kappa shape index (κ2) is 6.04. The Bertz CT molecular complexity index is 841. The molecule has 0 radical (unpaired) electrons. The van der Waals surface area contributed by atoms with Crippen LogP contribution in [0.5, 0.6) is 0 Å². The van der Waals surface area contributed by atoms with Crippen molar-refractivity contribution in [2.24, 2.45) is 0 Å². The number of nitrogens with one attached hydrogen (secondary N) is 1. The number of hydrogen-bond acceptors (Lipinski definition) is 4. The monoisotopic (exact) mass is 318 g/mol. The van der Waals surface area contributed by atoms with Gasteiger partial charge in [0.1, 0.15) is 5.56 Å². The van der Waals surface area contributed by atoms with Crippen LogP contribution >= 0.6 is 0 Å². The topological polar surface area (TPSA) is 68.3 Å². The fourth-order valence-corrected chi connectivity index (χ4v) is 2.16. The molecule has 3 aromatic rings. The van der Waals surface area contributed by atoms with Gasteiger partial charge < -0.3 is 14.3 Å². The Kier molecular flexibility index (Phi) is 3.92. The third kappa shape index (κ3) is 2.85. The molecule has 1 amide bonds. The molecule has 0 spiro atoms. The lowest BCUT2D eigenvalue weighted by molar-refractivity contribution is 0.0950. The number of furan rings is 1. The molecule has 118 valence electrons. The van der Waals surface area contributed by atoms with Gasteiger partial charge in [0.15, 0.2) is 17.4 Å². The number of aromatic nitrogens is 1. The van der Waals surface area contributed by atoms with Gasteiger partial charge >= 0.3 is 0 Å². The molecule has 1 aromatic carbocycles. The van der Waals surface area contributed by atoms with Crippen LogP contribution in [-0.4, -0.2) is 11.1 Å². The van der Waals surface area contributed by atoms with Gasteiger partial charge in [-0.2, -0.15) is 0 Å². The summed E-state index contributed by atoms with van der Waals surface area (Å²) in [6.45, 7) is 1.44. The molecule has 0 unspecified atom stereocenters. The summed E-state index contributed by atoms with van der Waals surface area (Å²) >= 11 is 0. The number of amides is 1. The molecule has 23 heavy (non-hydrogen) atoms.